The summed E-state index contributed by atoms with van der Waals surface area (Å²) in [5.74, 6) is -0.174. The van der Waals surface area contributed by atoms with Crippen molar-refractivity contribution in [2.45, 2.75) is 70.1 Å². The number of sulfone groups is 1. The third-order valence-corrected chi connectivity index (χ3v) is 6.05. The van der Waals surface area contributed by atoms with Crippen LogP contribution in [-0.4, -0.2) is 30.9 Å². The Morgan fingerprint density at radius 3 is 2.33 bits per heavy atom. The summed E-state index contributed by atoms with van der Waals surface area (Å²) in [6, 6.07) is 0. The van der Waals surface area contributed by atoms with Gasteiger partial charge in [0.05, 0.1) is 11.0 Å². The number of amides is 1. The molecule has 4 nitrogen and oxygen atoms in total. The van der Waals surface area contributed by atoms with Crippen LogP contribution in [0.1, 0.15) is 59.3 Å². The molecular weight excluding hydrogens is 250 g/mol. The molecule has 1 aliphatic rings. The van der Waals surface area contributed by atoms with E-state index in [0.29, 0.717) is 0 Å². The first-order valence-electron chi connectivity index (χ1n) is 6.79. The second-order valence-electron chi connectivity index (χ2n) is 5.81. The van der Waals surface area contributed by atoms with E-state index < -0.39 is 9.84 Å². The van der Waals surface area contributed by atoms with Crippen molar-refractivity contribution in [3.8, 4) is 0 Å². The van der Waals surface area contributed by atoms with E-state index in [4.69, 9.17) is 0 Å². The van der Waals surface area contributed by atoms with Gasteiger partial charge in [0.15, 0.2) is 9.84 Å². The second-order valence-corrected chi connectivity index (χ2v) is 8.21. The average molecular weight is 275 g/mol. The van der Waals surface area contributed by atoms with E-state index in [-0.39, 0.29) is 28.9 Å². The number of rotatable bonds is 6. The van der Waals surface area contributed by atoms with Crippen molar-refractivity contribution in [3.63, 3.8) is 0 Å². The molecule has 0 bridgehead atoms. The lowest BCUT2D eigenvalue weighted by Crippen LogP contribution is -2.43. The highest BCUT2D eigenvalue weighted by molar-refractivity contribution is 7.92. The van der Waals surface area contributed by atoms with Gasteiger partial charge in [-0.05, 0) is 33.1 Å². The van der Waals surface area contributed by atoms with Crippen molar-refractivity contribution in [1.82, 2.24) is 5.32 Å². The Balaban J connectivity index is 2.42. The first-order chi connectivity index (χ1) is 8.27. The molecule has 0 heterocycles. The van der Waals surface area contributed by atoms with E-state index >= 15 is 0 Å². The van der Waals surface area contributed by atoms with Crippen LogP contribution >= 0.6 is 0 Å². The zero-order chi connectivity index (χ0) is 13.8. The molecule has 0 aliphatic heterocycles. The number of nitrogens with one attached hydrogen (secondary N) is 1. The van der Waals surface area contributed by atoms with E-state index in [2.05, 4.69) is 5.32 Å². The summed E-state index contributed by atoms with van der Waals surface area (Å²) in [4.78, 5) is 11.7. The largest absolute Gasteiger partial charge is 0.351 e. The maximum absolute atomic E-state index is 12.0. The van der Waals surface area contributed by atoms with Gasteiger partial charge in [0, 0.05) is 12.0 Å². The van der Waals surface area contributed by atoms with Crippen molar-refractivity contribution < 1.29 is 13.2 Å². The Bertz CT molecular complexity index is 381. The van der Waals surface area contributed by atoms with Gasteiger partial charge in [-0.3, -0.25) is 4.79 Å². The van der Waals surface area contributed by atoms with Gasteiger partial charge in [-0.25, -0.2) is 8.42 Å². The summed E-state index contributed by atoms with van der Waals surface area (Å²) in [5.41, 5.74) is -0.256. The maximum Gasteiger partial charge on any atom is 0.221 e. The summed E-state index contributed by atoms with van der Waals surface area (Å²) >= 11 is 0. The van der Waals surface area contributed by atoms with Crippen LogP contribution in [-0.2, 0) is 14.6 Å². The van der Waals surface area contributed by atoms with Crippen LogP contribution in [0.2, 0.25) is 0 Å². The second kappa shape index (κ2) is 6.04. The fraction of sp³-hybridized carbons (Fsp3) is 0.923. The Hall–Kier alpha value is -0.580. The van der Waals surface area contributed by atoms with E-state index in [1.807, 2.05) is 20.8 Å². The monoisotopic (exact) mass is 275 g/mol. The van der Waals surface area contributed by atoms with Crippen molar-refractivity contribution in [3.05, 3.63) is 0 Å². The zero-order valence-corrected chi connectivity index (χ0v) is 12.5. The summed E-state index contributed by atoms with van der Waals surface area (Å²) in [7, 11) is -3.08. The Kier molecular flexibility index (Phi) is 5.20. The molecule has 1 amide bonds. The van der Waals surface area contributed by atoms with Crippen LogP contribution in [0.15, 0.2) is 0 Å². The average Bonchev–Trinajstić information content (AvgIpc) is 2.80. The Labute approximate surface area is 110 Å². The van der Waals surface area contributed by atoms with Crippen molar-refractivity contribution in [2.24, 2.45) is 0 Å². The lowest BCUT2D eigenvalue weighted by atomic mass is 10.0. The fourth-order valence-corrected chi connectivity index (χ4v) is 4.03. The molecule has 106 valence electrons. The molecule has 0 aromatic carbocycles. The molecule has 0 atom stereocenters. The van der Waals surface area contributed by atoms with E-state index in [0.717, 1.165) is 32.1 Å². The molecule has 0 aromatic heterocycles. The normalized spacial score (nSPS) is 17.9. The maximum atomic E-state index is 12.0. The van der Waals surface area contributed by atoms with Gasteiger partial charge in [0.25, 0.3) is 0 Å². The molecular formula is C13H25NO3S. The van der Waals surface area contributed by atoms with Crippen LogP contribution < -0.4 is 5.32 Å². The van der Waals surface area contributed by atoms with Crippen molar-refractivity contribution in [1.29, 1.82) is 0 Å². The van der Waals surface area contributed by atoms with Crippen LogP contribution in [0.5, 0.6) is 0 Å². The number of hydrogen-bond acceptors (Lipinski definition) is 3. The van der Waals surface area contributed by atoms with E-state index in [1.54, 1.807) is 0 Å². The Morgan fingerprint density at radius 1 is 1.28 bits per heavy atom. The molecule has 1 fully saturated rings. The highest BCUT2D eigenvalue weighted by atomic mass is 32.2. The third kappa shape index (κ3) is 4.59. The molecule has 0 radical (unpaired) electrons. The summed E-state index contributed by atoms with van der Waals surface area (Å²) in [6.07, 6.45) is 4.45. The standard InChI is InChI=1S/C13H25NO3S/c1-4-13(2,3)14-12(15)9-10-18(16,17)11-7-5-6-8-11/h11H,4-10H2,1-3H3,(H,14,15). The minimum Gasteiger partial charge on any atom is -0.351 e. The molecule has 5 heteroatoms. The lowest BCUT2D eigenvalue weighted by Gasteiger charge is -2.24. The molecule has 0 saturated heterocycles. The number of carbonyl (C=O) groups is 1. The van der Waals surface area contributed by atoms with Crippen molar-refractivity contribution in [2.75, 3.05) is 5.75 Å². The fourth-order valence-electron chi connectivity index (χ4n) is 2.18. The first kappa shape index (κ1) is 15.5. The highest BCUT2D eigenvalue weighted by Gasteiger charge is 2.29. The van der Waals surface area contributed by atoms with Gasteiger partial charge < -0.3 is 5.32 Å². The van der Waals surface area contributed by atoms with Gasteiger partial charge in [-0.15, -0.1) is 0 Å². The van der Waals surface area contributed by atoms with Crippen LogP contribution in [0.4, 0.5) is 0 Å². The van der Waals surface area contributed by atoms with Gasteiger partial charge in [-0.2, -0.15) is 0 Å². The Morgan fingerprint density at radius 2 is 1.83 bits per heavy atom. The number of hydrogen-bond donors (Lipinski definition) is 1. The smallest absolute Gasteiger partial charge is 0.221 e. The molecule has 0 spiro atoms. The molecule has 0 unspecified atom stereocenters. The molecule has 0 aromatic rings. The van der Waals surface area contributed by atoms with Crippen LogP contribution in [0.3, 0.4) is 0 Å². The van der Waals surface area contributed by atoms with Crippen LogP contribution in [0.25, 0.3) is 0 Å². The van der Waals surface area contributed by atoms with E-state index in [9.17, 15) is 13.2 Å². The predicted octanol–water partition coefficient (Wildman–Crippen LogP) is 2.04. The van der Waals surface area contributed by atoms with Gasteiger partial charge in [-0.1, -0.05) is 19.8 Å². The van der Waals surface area contributed by atoms with Gasteiger partial charge >= 0.3 is 0 Å². The summed E-state index contributed by atoms with van der Waals surface area (Å²) in [6.45, 7) is 5.88. The van der Waals surface area contributed by atoms with Gasteiger partial charge in [0.1, 0.15) is 0 Å². The highest BCUT2D eigenvalue weighted by Crippen LogP contribution is 2.25. The molecule has 1 rings (SSSR count). The number of carbonyl (C=O) groups excluding carboxylic acids is 1. The minimum absolute atomic E-state index is 0.0106. The minimum atomic E-state index is -3.08. The van der Waals surface area contributed by atoms with Crippen LogP contribution in [0, 0.1) is 0 Å². The third-order valence-electron chi connectivity index (χ3n) is 3.79. The van der Waals surface area contributed by atoms with Gasteiger partial charge in [0.2, 0.25) is 5.91 Å². The SMILES string of the molecule is CCC(C)(C)NC(=O)CCS(=O)(=O)C1CCCC1. The first-order valence-corrected chi connectivity index (χ1v) is 8.51. The zero-order valence-electron chi connectivity index (χ0n) is 11.7. The molecule has 1 aliphatic carbocycles. The lowest BCUT2D eigenvalue weighted by molar-refractivity contribution is -0.122. The van der Waals surface area contributed by atoms with Crippen molar-refractivity contribution >= 4 is 15.7 Å². The topological polar surface area (TPSA) is 63.2 Å². The molecule has 1 N–H and O–H groups in total. The molecule has 1 saturated carbocycles. The quantitative estimate of drug-likeness (QED) is 0.807. The molecule has 18 heavy (non-hydrogen) atoms. The van der Waals surface area contributed by atoms with E-state index in [1.165, 1.54) is 0 Å². The predicted molar refractivity (Wildman–Crippen MR) is 73.2 cm³/mol. The summed E-state index contributed by atoms with van der Waals surface area (Å²) < 4.78 is 24.0. The summed E-state index contributed by atoms with van der Waals surface area (Å²) in [5, 5.41) is 2.66.